The van der Waals surface area contributed by atoms with Gasteiger partial charge in [0.15, 0.2) is 0 Å². The van der Waals surface area contributed by atoms with Crippen LogP contribution in [-0.4, -0.2) is 71.7 Å². The van der Waals surface area contributed by atoms with E-state index in [4.69, 9.17) is 31.2 Å². The van der Waals surface area contributed by atoms with Crippen LogP contribution >= 0.6 is 26.8 Å². The quantitative estimate of drug-likeness (QED) is 0.0603. The predicted octanol–water partition coefficient (Wildman–Crippen LogP) is 0.231. The summed E-state index contributed by atoms with van der Waals surface area (Å²) in [5, 5.41) is 14.1. The van der Waals surface area contributed by atoms with Crippen LogP contribution in [0, 0.1) is 10.8 Å². The summed E-state index contributed by atoms with van der Waals surface area (Å²) in [5.74, 6) is -1.06. The van der Waals surface area contributed by atoms with Crippen molar-refractivity contribution in [2.75, 3.05) is 19.0 Å². The van der Waals surface area contributed by atoms with Gasteiger partial charge in [0, 0.05) is 12.4 Å². The van der Waals surface area contributed by atoms with Crippen molar-refractivity contribution >= 4 is 38.7 Å². The van der Waals surface area contributed by atoms with Gasteiger partial charge in [0.1, 0.15) is 6.04 Å². The second-order valence-corrected chi connectivity index (χ2v) is 11.1. The van der Waals surface area contributed by atoms with Crippen LogP contribution in [0.25, 0.3) is 0 Å². The molecule has 30 heavy (non-hydrogen) atoms. The monoisotopic (exact) mass is 496 g/mol. The van der Waals surface area contributed by atoms with Gasteiger partial charge in [-0.15, -0.1) is 16.5 Å². The molecule has 0 unspecified atom stereocenters. The van der Waals surface area contributed by atoms with Crippen molar-refractivity contribution in [2.24, 2.45) is 11.2 Å². The highest BCUT2D eigenvalue weighted by atomic mass is 35.5. The molecule has 0 radical (unpaired) electrons. The number of halogens is 1. The number of nitrogens with one attached hydrogen (secondary N) is 2. The molecule has 0 aromatic heterocycles. The number of unbranched alkanes of at least 4 members (excludes halogenated alkanes) is 1. The number of nitrogens with zero attached hydrogens (tertiary/aromatic N) is 2. The first-order valence-corrected chi connectivity index (χ1v) is 12.5. The molecule has 3 amide bonds. The van der Waals surface area contributed by atoms with Crippen LogP contribution in [0.15, 0.2) is 5.29 Å². The van der Waals surface area contributed by atoms with Crippen molar-refractivity contribution in [1.82, 2.24) is 15.6 Å². The topological polar surface area (TPSA) is 226 Å². The first-order chi connectivity index (χ1) is 13.6. The number of hydrogen-bond donors (Lipinski definition) is 7. The second kappa shape index (κ2) is 12.1. The van der Waals surface area contributed by atoms with E-state index < -0.39 is 44.7 Å². The lowest BCUT2D eigenvalue weighted by Gasteiger charge is -2.29. The minimum Gasteiger partial charge on any atom is -0.368 e. The number of urea groups is 1. The van der Waals surface area contributed by atoms with Crippen LogP contribution in [0.1, 0.15) is 33.1 Å². The summed E-state index contributed by atoms with van der Waals surface area (Å²) in [6, 6.07) is -1.97. The summed E-state index contributed by atoms with van der Waals surface area (Å²) >= 11 is 5.45. The number of amides is 3. The lowest BCUT2D eigenvalue weighted by molar-refractivity contribution is -0.123. The van der Waals surface area contributed by atoms with Crippen molar-refractivity contribution in [1.29, 1.82) is 0 Å². The zero-order valence-electron chi connectivity index (χ0n) is 16.3. The number of carbonyl (C=O) groups is 2. The maximum Gasteiger partial charge on any atom is 0.369 e. The van der Waals surface area contributed by atoms with E-state index >= 15 is 0 Å². The molecule has 0 aliphatic carbocycles. The molecule has 0 heterocycles. The fourth-order valence-corrected chi connectivity index (χ4v) is 4.69. The second-order valence-electron chi connectivity index (χ2n) is 6.68. The van der Waals surface area contributed by atoms with Gasteiger partial charge < -0.3 is 35.3 Å². The van der Waals surface area contributed by atoms with Crippen LogP contribution in [0.5, 0.6) is 0 Å². The molecule has 1 atom stereocenters. The Morgan fingerprint density at radius 1 is 1.13 bits per heavy atom. The van der Waals surface area contributed by atoms with Crippen molar-refractivity contribution in [3.8, 4) is 0 Å². The Balaban J connectivity index is 4.79. The summed E-state index contributed by atoms with van der Waals surface area (Å²) in [6.45, 7) is 3.02. The minimum absolute atomic E-state index is 0.0150. The number of alkyl halides is 1. The normalized spacial score (nSPS) is 13.6. The molecule has 0 rings (SSSR count). The average Bonchev–Trinajstić information content (AvgIpc) is 2.60. The van der Waals surface area contributed by atoms with Crippen LogP contribution in [0.2, 0.25) is 0 Å². The van der Waals surface area contributed by atoms with Gasteiger partial charge in [-0.3, -0.25) is 13.9 Å². The van der Waals surface area contributed by atoms with E-state index in [1.54, 1.807) is 13.8 Å². The van der Waals surface area contributed by atoms with E-state index in [-0.39, 0.29) is 37.7 Å². The number of rotatable bonds is 13. The van der Waals surface area contributed by atoms with Crippen molar-refractivity contribution in [3.05, 3.63) is 4.91 Å². The van der Waals surface area contributed by atoms with Crippen molar-refractivity contribution < 1.29 is 43.4 Å². The van der Waals surface area contributed by atoms with Crippen molar-refractivity contribution in [3.63, 3.8) is 0 Å². The zero-order chi connectivity index (χ0) is 23.8. The number of nitroso groups, excluding NO2 is 1. The molecular weight excluding hydrogens is 470 g/mol. The first kappa shape index (κ1) is 28.9. The molecule has 0 aromatic rings. The van der Waals surface area contributed by atoms with Gasteiger partial charge in [-0.1, -0.05) is 13.8 Å². The van der Waals surface area contributed by atoms with Gasteiger partial charge in [-0.25, -0.2) is 4.79 Å². The molecule has 0 saturated heterocycles. The van der Waals surface area contributed by atoms with Gasteiger partial charge in [-0.2, -0.15) is 5.01 Å². The van der Waals surface area contributed by atoms with E-state index in [0.29, 0.717) is 5.01 Å². The van der Waals surface area contributed by atoms with Gasteiger partial charge in [0.25, 0.3) is 5.08 Å². The van der Waals surface area contributed by atoms with Crippen LogP contribution in [0.3, 0.4) is 0 Å². The first-order valence-electron chi connectivity index (χ1n) is 8.71. The molecule has 7 N–H and O–H groups in total. The highest BCUT2D eigenvalue weighted by Gasteiger charge is 2.58. The summed E-state index contributed by atoms with van der Waals surface area (Å²) in [5.41, 5.74) is 0. The summed E-state index contributed by atoms with van der Waals surface area (Å²) in [7, 11) is -11.1. The van der Waals surface area contributed by atoms with Crippen LogP contribution in [0.4, 0.5) is 4.79 Å². The van der Waals surface area contributed by atoms with E-state index in [9.17, 15) is 28.7 Å². The molecule has 0 spiro atoms. The van der Waals surface area contributed by atoms with E-state index in [1.807, 2.05) is 0 Å². The third-order valence-electron chi connectivity index (χ3n) is 4.03. The Bertz CT molecular complexity index is 675. The maximum absolute atomic E-state index is 12.3. The highest BCUT2D eigenvalue weighted by molar-refractivity contribution is 7.72. The summed E-state index contributed by atoms with van der Waals surface area (Å²) < 4.78 is 22.5. The van der Waals surface area contributed by atoms with Gasteiger partial charge >= 0.3 is 21.2 Å². The van der Waals surface area contributed by atoms with Crippen molar-refractivity contribution in [2.45, 2.75) is 44.2 Å². The number of aliphatic hydroxyl groups is 1. The standard InChI is InChI=1S/C13H27ClN4O10P2/c1-9(2)10(16-12(20)18(17-22)8-6-14)11(19)15-7-4-3-5-13(21,29(23,24)25)30(26,27)28/h9-10,21H,3-8H2,1-2H3,(H,15,19)(H,16,20)(H2,23,24,25)(H2,26,27,28)/t10-/m0/s1. The third-order valence-corrected chi connectivity index (χ3v) is 8.07. The lowest BCUT2D eigenvalue weighted by Crippen LogP contribution is -2.52. The fourth-order valence-electron chi connectivity index (χ4n) is 2.27. The van der Waals surface area contributed by atoms with E-state index in [2.05, 4.69) is 15.9 Å². The zero-order valence-corrected chi connectivity index (χ0v) is 18.9. The molecule has 176 valence electrons. The number of hydrogen-bond acceptors (Lipinski definition) is 7. The average molecular weight is 497 g/mol. The largest absolute Gasteiger partial charge is 0.369 e. The Hall–Kier alpha value is -1.11. The van der Waals surface area contributed by atoms with Crippen LogP contribution < -0.4 is 10.6 Å². The third kappa shape index (κ3) is 8.20. The van der Waals surface area contributed by atoms with Gasteiger partial charge in [0.2, 0.25) is 5.91 Å². The molecule has 0 aromatic carbocycles. The Kier molecular flexibility index (Phi) is 11.6. The minimum atomic E-state index is -5.53. The molecule has 0 aliphatic rings. The number of carbonyl (C=O) groups excluding carboxylic acids is 2. The van der Waals surface area contributed by atoms with Crippen LogP contribution in [-0.2, 0) is 13.9 Å². The molecule has 0 aliphatic heterocycles. The van der Waals surface area contributed by atoms with Gasteiger partial charge in [-0.05, 0) is 25.2 Å². The molecular formula is C13H27ClN4O10P2. The van der Waals surface area contributed by atoms with E-state index in [1.165, 1.54) is 0 Å². The molecule has 0 saturated carbocycles. The molecule has 17 heteroatoms. The fraction of sp³-hybridized carbons (Fsp3) is 0.846. The highest BCUT2D eigenvalue weighted by Crippen LogP contribution is 2.69. The SMILES string of the molecule is CC(C)[C@H](NC(=O)N(CCCl)N=O)C(=O)NCCCCC(O)(P(=O)(O)O)P(=O)(O)O. The Labute approximate surface area is 177 Å². The smallest absolute Gasteiger partial charge is 0.368 e. The molecule has 14 nitrogen and oxygen atoms in total. The molecule has 0 bridgehead atoms. The molecule has 0 fully saturated rings. The van der Waals surface area contributed by atoms with E-state index in [0.717, 1.165) is 0 Å². The maximum atomic E-state index is 12.3. The van der Waals surface area contributed by atoms with Gasteiger partial charge in [0.05, 0.1) is 11.8 Å². The summed E-state index contributed by atoms with van der Waals surface area (Å²) in [4.78, 5) is 71.1. The Morgan fingerprint density at radius 3 is 2.07 bits per heavy atom. The summed E-state index contributed by atoms with van der Waals surface area (Å²) in [6.07, 6.45) is -1.12. The predicted molar refractivity (Wildman–Crippen MR) is 106 cm³/mol. The Morgan fingerprint density at radius 2 is 1.67 bits per heavy atom. The lowest BCUT2D eigenvalue weighted by atomic mass is 10.0.